The van der Waals surface area contributed by atoms with Gasteiger partial charge in [-0.25, -0.2) is 4.63 Å². The first-order valence-electron chi connectivity index (χ1n) is 5.81. The summed E-state index contributed by atoms with van der Waals surface area (Å²) in [5.41, 5.74) is 1.48. The van der Waals surface area contributed by atoms with Crippen LogP contribution < -0.4 is 4.90 Å². The van der Waals surface area contributed by atoms with Crippen molar-refractivity contribution in [1.29, 1.82) is 0 Å². The highest BCUT2D eigenvalue weighted by Gasteiger charge is 2.25. The van der Waals surface area contributed by atoms with E-state index in [4.69, 9.17) is 0 Å². The van der Waals surface area contributed by atoms with Gasteiger partial charge >= 0.3 is 5.69 Å². The lowest BCUT2D eigenvalue weighted by Crippen LogP contribution is -2.19. The van der Waals surface area contributed by atoms with Gasteiger partial charge in [0, 0.05) is 19.2 Å². The maximum absolute atomic E-state index is 10.9. The van der Waals surface area contributed by atoms with E-state index in [1.54, 1.807) is 6.07 Å². The summed E-state index contributed by atoms with van der Waals surface area (Å²) in [5.74, 6) is 0.620. The maximum atomic E-state index is 10.9. The number of nitro groups is 1. The van der Waals surface area contributed by atoms with E-state index in [0.29, 0.717) is 11.4 Å². The number of fused-ring (bicyclic) bond motifs is 1. The molecule has 0 bridgehead atoms. The minimum absolute atomic E-state index is 0.0674. The molecule has 0 saturated carbocycles. The van der Waals surface area contributed by atoms with Crippen LogP contribution in [0.2, 0.25) is 0 Å². The van der Waals surface area contributed by atoms with Gasteiger partial charge in [-0.3, -0.25) is 10.1 Å². The van der Waals surface area contributed by atoms with Crippen molar-refractivity contribution >= 4 is 22.4 Å². The molecule has 0 amide bonds. The van der Waals surface area contributed by atoms with Gasteiger partial charge in [-0.1, -0.05) is 6.92 Å². The summed E-state index contributed by atoms with van der Waals surface area (Å²) in [6.45, 7) is 4.05. The third-order valence-electron chi connectivity index (χ3n) is 3.33. The van der Waals surface area contributed by atoms with Gasteiger partial charge in [-0.05, 0) is 28.7 Å². The molecular weight excluding hydrogens is 236 g/mol. The van der Waals surface area contributed by atoms with Gasteiger partial charge in [0.1, 0.15) is 0 Å². The predicted octanol–water partition coefficient (Wildman–Crippen LogP) is 1.98. The summed E-state index contributed by atoms with van der Waals surface area (Å²) in [7, 11) is 0. The van der Waals surface area contributed by atoms with Crippen LogP contribution in [0.4, 0.5) is 11.4 Å². The monoisotopic (exact) mass is 248 g/mol. The van der Waals surface area contributed by atoms with Gasteiger partial charge in [0.2, 0.25) is 5.52 Å². The highest BCUT2D eigenvalue weighted by Crippen LogP contribution is 2.33. The Morgan fingerprint density at radius 2 is 2.22 bits per heavy atom. The summed E-state index contributed by atoms with van der Waals surface area (Å²) in [5, 5.41) is 18.3. The van der Waals surface area contributed by atoms with E-state index in [0.717, 1.165) is 25.2 Å². The summed E-state index contributed by atoms with van der Waals surface area (Å²) in [4.78, 5) is 12.6. The molecule has 1 unspecified atom stereocenters. The molecule has 1 aliphatic rings. The van der Waals surface area contributed by atoms with Crippen LogP contribution in [0, 0.1) is 16.0 Å². The normalized spacial score (nSPS) is 19.6. The van der Waals surface area contributed by atoms with Crippen molar-refractivity contribution in [1.82, 2.24) is 10.3 Å². The number of benzene rings is 1. The summed E-state index contributed by atoms with van der Waals surface area (Å²) in [6, 6.07) is 3.19. The number of aromatic nitrogens is 2. The highest BCUT2D eigenvalue weighted by atomic mass is 16.6. The average molecular weight is 248 g/mol. The van der Waals surface area contributed by atoms with Crippen molar-refractivity contribution in [2.45, 2.75) is 13.3 Å². The molecule has 0 N–H and O–H groups in total. The van der Waals surface area contributed by atoms with Gasteiger partial charge in [0.15, 0.2) is 5.52 Å². The molecule has 18 heavy (non-hydrogen) atoms. The van der Waals surface area contributed by atoms with E-state index in [9.17, 15) is 10.1 Å². The SMILES string of the molecule is CC1CCN(c2ccc([N+](=O)[O-])c3nonc23)C1. The molecule has 1 atom stereocenters. The van der Waals surface area contributed by atoms with Crippen LogP contribution in [-0.2, 0) is 0 Å². The molecule has 0 radical (unpaired) electrons. The smallest absolute Gasteiger partial charge is 0.300 e. The molecular formula is C11H12N4O3. The fourth-order valence-corrected chi connectivity index (χ4v) is 2.40. The average Bonchev–Trinajstić information content (AvgIpc) is 2.95. The third-order valence-corrected chi connectivity index (χ3v) is 3.33. The number of hydrogen-bond acceptors (Lipinski definition) is 6. The first-order valence-corrected chi connectivity index (χ1v) is 5.81. The Balaban J connectivity index is 2.12. The van der Waals surface area contributed by atoms with E-state index in [-0.39, 0.29) is 11.2 Å². The number of nitro benzene ring substituents is 1. The largest absolute Gasteiger partial charge is 0.369 e. The second-order valence-corrected chi connectivity index (χ2v) is 4.66. The second kappa shape index (κ2) is 3.94. The van der Waals surface area contributed by atoms with Crippen LogP contribution in [0.25, 0.3) is 11.0 Å². The Hall–Kier alpha value is -2.18. The minimum Gasteiger partial charge on any atom is -0.369 e. The fourth-order valence-electron chi connectivity index (χ4n) is 2.40. The van der Waals surface area contributed by atoms with Crippen molar-refractivity contribution in [3.8, 4) is 0 Å². The second-order valence-electron chi connectivity index (χ2n) is 4.66. The van der Waals surface area contributed by atoms with E-state index in [1.165, 1.54) is 6.07 Å². The Bertz CT molecular complexity index is 609. The maximum Gasteiger partial charge on any atom is 0.300 e. The van der Waals surface area contributed by atoms with Gasteiger partial charge in [0.25, 0.3) is 0 Å². The van der Waals surface area contributed by atoms with Gasteiger partial charge < -0.3 is 4.90 Å². The molecule has 2 heterocycles. The lowest BCUT2D eigenvalue weighted by Gasteiger charge is -2.17. The molecule has 1 aromatic carbocycles. The number of non-ortho nitro benzene ring substituents is 1. The van der Waals surface area contributed by atoms with Crippen molar-refractivity contribution < 1.29 is 9.55 Å². The first kappa shape index (κ1) is 10.9. The van der Waals surface area contributed by atoms with E-state index in [2.05, 4.69) is 26.8 Å². The van der Waals surface area contributed by atoms with E-state index < -0.39 is 4.92 Å². The zero-order valence-electron chi connectivity index (χ0n) is 9.87. The van der Waals surface area contributed by atoms with Crippen molar-refractivity contribution in [2.75, 3.05) is 18.0 Å². The van der Waals surface area contributed by atoms with E-state index in [1.807, 2.05) is 0 Å². The van der Waals surface area contributed by atoms with Crippen LogP contribution in [0.15, 0.2) is 16.8 Å². The lowest BCUT2D eigenvalue weighted by atomic mass is 10.2. The molecule has 1 aromatic heterocycles. The zero-order valence-corrected chi connectivity index (χ0v) is 9.87. The Kier molecular flexibility index (Phi) is 2.39. The highest BCUT2D eigenvalue weighted by molar-refractivity contribution is 5.93. The van der Waals surface area contributed by atoms with E-state index >= 15 is 0 Å². The number of rotatable bonds is 2. The molecule has 7 heteroatoms. The zero-order chi connectivity index (χ0) is 12.7. The molecule has 1 aliphatic heterocycles. The molecule has 94 valence electrons. The molecule has 0 aliphatic carbocycles. The van der Waals surface area contributed by atoms with Crippen LogP contribution in [0.1, 0.15) is 13.3 Å². The van der Waals surface area contributed by atoms with Crippen molar-refractivity contribution in [3.63, 3.8) is 0 Å². The van der Waals surface area contributed by atoms with Gasteiger partial charge in [-0.15, -0.1) is 0 Å². The topological polar surface area (TPSA) is 85.3 Å². The standard InChI is InChI=1S/C11H12N4O3/c1-7-4-5-14(6-7)8-2-3-9(15(16)17)11-10(8)12-18-13-11/h2-3,7H,4-6H2,1H3. The Labute approximate surface area is 102 Å². The molecule has 0 spiro atoms. The van der Waals surface area contributed by atoms with Gasteiger partial charge in [0.05, 0.1) is 10.6 Å². The Morgan fingerprint density at radius 1 is 1.44 bits per heavy atom. The van der Waals surface area contributed by atoms with Gasteiger partial charge in [-0.2, -0.15) is 0 Å². The molecule has 3 rings (SSSR count). The predicted molar refractivity (Wildman–Crippen MR) is 64.5 cm³/mol. The third kappa shape index (κ3) is 1.59. The van der Waals surface area contributed by atoms with Crippen molar-refractivity contribution in [2.24, 2.45) is 5.92 Å². The number of nitrogens with zero attached hydrogens (tertiary/aromatic N) is 4. The molecule has 2 aromatic rings. The molecule has 1 saturated heterocycles. The van der Waals surface area contributed by atoms with Crippen LogP contribution in [0.3, 0.4) is 0 Å². The quantitative estimate of drug-likeness (QED) is 0.596. The summed E-state index contributed by atoms with van der Waals surface area (Å²) >= 11 is 0. The minimum atomic E-state index is -0.469. The summed E-state index contributed by atoms with van der Waals surface area (Å²) < 4.78 is 4.65. The summed E-state index contributed by atoms with van der Waals surface area (Å²) in [6.07, 6.45) is 1.11. The molecule has 7 nitrogen and oxygen atoms in total. The van der Waals surface area contributed by atoms with Crippen LogP contribution >= 0.6 is 0 Å². The number of hydrogen-bond donors (Lipinski definition) is 0. The first-order chi connectivity index (χ1) is 8.66. The van der Waals surface area contributed by atoms with Crippen LogP contribution in [0.5, 0.6) is 0 Å². The lowest BCUT2D eigenvalue weighted by molar-refractivity contribution is -0.383. The number of anilines is 1. The molecule has 1 fully saturated rings. The Morgan fingerprint density at radius 3 is 2.89 bits per heavy atom. The van der Waals surface area contributed by atoms with Crippen LogP contribution in [-0.4, -0.2) is 28.3 Å². The van der Waals surface area contributed by atoms with Crippen molar-refractivity contribution in [3.05, 3.63) is 22.2 Å². The fraction of sp³-hybridized carbons (Fsp3) is 0.455.